The summed E-state index contributed by atoms with van der Waals surface area (Å²) in [5, 5.41) is 20.1. The first-order chi connectivity index (χ1) is 15.9. The van der Waals surface area contributed by atoms with Gasteiger partial charge in [-0.2, -0.15) is 0 Å². The summed E-state index contributed by atoms with van der Waals surface area (Å²) < 4.78 is 15.4. The Kier molecular flexibility index (Phi) is 7.42. The number of rotatable bonds is 9. The number of carbonyl (C=O) groups excluding carboxylic acids is 1. The van der Waals surface area contributed by atoms with Gasteiger partial charge in [-0.15, -0.1) is 0 Å². The van der Waals surface area contributed by atoms with Crippen LogP contribution < -0.4 is 5.73 Å². The first-order valence-electron chi connectivity index (χ1n) is 11.6. The van der Waals surface area contributed by atoms with Gasteiger partial charge in [-0.25, -0.2) is 4.39 Å². The fourth-order valence-electron chi connectivity index (χ4n) is 4.87. The molecule has 1 fully saturated rings. The second kappa shape index (κ2) is 10.5. The molecule has 7 heteroatoms. The Morgan fingerprint density at radius 1 is 1.09 bits per heavy atom. The molecule has 0 saturated carbocycles. The lowest BCUT2D eigenvalue weighted by Crippen LogP contribution is -2.36. The quantitative estimate of drug-likeness (QED) is 0.464. The van der Waals surface area contributed by atoms with Crippen molar-refractivity contribution in [3.8, 4) is 0 Å². The van der Waals surface area contributed by atoms with E-state index in [2.05, 4.69) is 15.5 Å². The Labute approximate surface area is 193 Å². The molecule has 1 aliphatic heterocycles. The number of aromatic nitrogens is 1. The Bertz CT molecular complexity index is 1090. The molecule has 0 aliphatic carbocycles. The van der Waals surface area contributed by atoms with E-state index in [1.54, 1.807) is 0 Å². The largest absolute Gasteiger partial charge is 0.394 e. The Morgan fingerprint density at radius 2 is 1.79 bits per heavy atom. The van der Waals surface area contributed by atoms with Crippen LogP contribution >= 0.6 is 0 Å². The second-order valence-corrected chi connectivity index (χ2v) is 9.03. The first kappa shape index (κ1) is 23.4. The zero-order valence-electron chi connectivity index (χ0n) is 18.8. The van der Waals surface area contributed by atoms with E-state index in [4.69, 9.17) is 5.73 Å². The van der Waals surface area contributed by atoms with Gasteiger partial charge < -0.3 is 25.4 Å². The highest BCUT2D eigenvalue weighted by Crippen LogP contribution is 2.32. The number of halogens is 1. The number of primary amides is 1. The summed E-state index contributed by atoms with van der Waals surface area (Å²) in [6, 6.07) is 15.0. The number of benzene rings is 2. The molecule has 3 aromatic rings. The van der Waals surface area contributed by atoms with Crippen molar-refractivity contribution in [3.63, 3.8) is 0 Å². The van der Waals surface area contributed by atoms with Crippen molar-refractivity contribution in [2.24, 2.45) is 5.73 Å². The second-order valence-electron chi connectivity index (χ2n) is 9.03. The summed E-state index contributed by atoms with van der Waals surface area (Å²) >= 11 is 0. The standard InChI is InChI=1S/C26H32FN3O3/c27-21-5-2-18(3-6-21)7-10-29-11-8-22(9-12-29)30-23(16-26(28)33)15-20-4-1-19(14-25(20)30)13-24(32)17-31/h1-6,14-15,22,24,31-32H,7-13,16-17H2,(H2,28,33). The lowest BCUT2D eigenvalue weighted by atomic mass is 10.0. The van der Waals surface area contributed by atoms with E-state index in [0.717, 1.165) is 66.6 Å². The summed E-state index contributed by atoms with van der Waals surface area (Å²) in [6.45, 7) is 2.55. The number of aliphatic hydroxyl groups is 2. The molecule has 1 unspecified atom stereocenters. The molecule has 1 amide bonds. The van der Waals surface area contributed by atoms with Crippen LogP contribution in [0.2, 0.25) is 0 Å². The monoisotopic (exact) mass is 453 g/mol. The number of likely N-dealkylation sites (tertiary alicyclic amines) is 1. The van der Waals surface area contributed by atoms with Crippen LogP contribution in [0.1, 0.15) is 35.7 Å². The third kappa shape index (κ3) is 5.79. The number of nitrogens with zero attached hydrogens (tertiary/aromatic N) is 2. The van der Waals surface area contributed by atoms with E-state index < -0.39 is 6.10 Å². The molecule has 33 heavy (non-hydrogen) atoms. The summed E-state index contributed by atoms with van der Waals surface area (Å²) in [5.74, 6) is -0.564. The van der Waals surface area contributed by atoms with Crippen molar-refractivity contribution < 1.29 is 19.4 Å². The lowest BCUT2D eigenvalue weighted by Gasteiger charge is -2.34. The predicted molar refractivity (Wildman–Crippen MR) is 126 cm³/mol. The minimum Gasteiger partial charge on any atom is -0.394 e. The van der Waals surface area contributed by atoms with Gasteiger partial charge in [0.15, 0.2) is 0 Å². The molecule has 6 nitrogen and oxygen atoms in total. The maximum Gasteiger partial charge on any atom is 0.223 e. The molecule has 1 atom stereocenters. The molecule has 0 radical (unpaired) electrons. The number of piperidine rings is 1. The molecule has 2 aromatic carbocycles. The van der Waals surface area contributed by atoms with Gasteiger partial charge in [0.25, 0.3) is 0 Å². The SMILES string of the molecule is NC(=O)Cc1cc2ccc(CC(O)CO)cc2n1C1CCN(CCc2ccc(F)cc2)CC1. The molecule has 2 heterocycles. The molecule has 4 rings (SSSR count). The van der Waals surface area contributed by atoms with Gasteiger partial charge in [0.05, 0.1) is 19.1 Å². The van der Waals surface area contributed by atoms with Gasteiger partial charge in [-0.1, -0.05) is 24.3 Å². The van der Waals surface area contributed by atoms with E-state index in [1.807, 2.05) is 30.3 Å². The smallest absolute Gasteiger partial charge is 0.223 e. The molecule has 1 saturated heterocycles. The van der Waals surface area contributed by atoms with Crippen LogP contribution in [0, 0.1) is 5.82 Å². The maximum atomic E-state index is 13.1. The Hall–Kier alpha value is -2.74. The Morgan fingerprint density at radius 3 is 2.45 bits per heavy atom. The van der Waals surface area contributed by atoms with Gasteiger partial charge in [-0.3, -0.25) is 4.79 Å². The third-order valence-corrected chi connectivity index (χ3v) is 6.58. The fourth-order valence-corrected chi connectivity index (χ4v) is 4.87. The average molecular weight is 454 g/mol. The van der Waals surface area contributed by atoms with E-state index >= 15 is 0 Å². The number of nitrogens with two attached hydrogens (primary N) is 1. The van der Waals surface area contributed by atoms with Crippen LogP contribution in [0.4, 0.5) is 4.39 Å². The maximum absolute atomic E-state index is 13.1. The van der Waals surface area contributed by atoms with Crippen molar-refractivity contribution in [2.75, 3.05) is 26.2 Å². The van der Waals surface area contributed by atoms with Crippen LogP contribution in [0.25, 0.3) is 10.9 Å². The molecule has 176 valence electrons. The van der Waals surface area contributed by atoms with Crippen molar-refractivity contribution >= 4 is 16.8 Å². The highest BCUT2D eigenvalue weighted by molar-refractivity contribution is 5.85. The van der Waals surface area contributed by atoms with Crippen LogP contribution in [0.5, 0.6) is 0 Å². The van der Waals surface area contributed by atoms with E-state index in [1.165, 1.54) is 12.1 Å². The van der Waals surface area contributed by atoms with E-state index in [9.17, 15) is 19.4 Å². The number of fused-ring (bicyclic) bond motifs is 1. The van der Waals surface area contributed by atoms with Crippen LogP contribution in [0.3, 0.4) is 0 Å². The van der Waals surface area contributed by atoms with Crippen LogP contribution in [-0.2, 0) is 24.1 Å². The van der Waals surface area contributed by atoms with Crippen molar-refractivity contribution in [1.82, 2.24) is 9.47 Å². The van der Waals surface area contributed by atoms with E-state index in [0.29, 0.717) is 6.42 Å². The third-order valence-electron chi connectivity index (χ3n) is 6.58. The average Bonchev–Trinajstić information content (AvgIpc) is 3.15. The minimum absolute atomic E-state index is 0.189. The summed E-state index contributed by atoms with van der Waals surface area (Å²) in [6.07, 6.45) is 2.59. The predicted octanol–water partition coefficient (Wildman–Crippen LogP) is 2.58. The molecule has 0 spiro atoms. The fraction of sp³-hybridized carbons (Fsp3) is 0.423. The number of hydrogen-bond donors (Lipinski definition) is 3. The van der Waals surface area contributed by atoms with Crippen molar-refractivity contribution in [3.05, 3.63) is 71.2 Å². The molecule has 0 bridgehead atoms. The number of hydrogen-bond acceptors (Lipinski definition) is 4. The lowest BCUT2D eigenvalue weighted by molar-refractivity contribution is -0.117. The highest BCUT2D eigenvalue weighted by atomic mass is 19.1. The summed E-state index contributed by atoms with van der Waals surface area (Å²) in [5.41, 5.74) is 9.58. The summed E-state index contributed by atoms with van der Waals surface area (Å²) in [7, 11) is 0. The first-order valence-corrected chi connectivity index (χ1v) is 11.6. The number of carbonyl (C=O) groups is 1. The van der Waals surface area contributed by atoms with Gasteiger partial charge in [0, 0.05) is 43.3 Å². The van der Waals surface area contributed by atoms with Crippen LogP contribution in [0.15, 0.2) is 48.5 Å². The van der Waals surface area contributed by atoms with Crippen LogP contribution in [-0.4, -0.2) is 57.9 Å². The zero-order valence-corrected chi connectivity index (χ0v) is 18.8. The minimum atomic E-state index is -0.791. The molecular formula is C26H32FN3O3. The zero-order chi connectivity index (χ0) is 23.4. The molecule has 4 N–H and O–H groups in total. The van der Waals surface area contributed by atoms with Gasteiger partial charge in [0.1, 0.15) is 5.82 Å². The van der Waals surface area contributed by atoms with E-state index in [-0.39, 0.29) is 30.8 Å². The molecular weight excluding hydrogens is 421 g/mol. The normalized spacial score (nSPS) is 16.3. The van der Waals surface area contributed by atoms with Crippen molar-refractivity contribution in [2.45, 2.75) is 44.2 Å². The van der Waals surface area contributed by atoms with Crippen molar-refractivity contribution in [1.29, 1.82) is 0 Å². The number of aliphatic hydroxyl groups excluding tert-OH is 2. The highest BCUT2D eigenvalue weighted by Gasteiger charge is 2.24. The van der Waals surface area contributed by atoms with Gasteiger partial charge in [-0.05, 0) is 60.0 Å². The Balaban J connectivity index is 1.49. The van der Waals surface area contributed by atoms with Gasteiger partial charge in [0.2, 0.25) is 5.91 Å². The number of amides is 1. The van der Waals surface area contributed by atoms with Gasteiger partial charge >= 0.3 is 0 Å². The molecule has 1 aromatic heterocycles. The summed E-state index contributed by atoms with van der Waals surface area (Å²) in [4.78, 5) is 14.2. The molecule has 1 aliphatic rings. The topological polar surface area (TPSA) is 91.7 Å².